The fraction of sp³-hybridized carbons (Fsp3) is 0.0159. The Bertz CT molecular complexity index is 3310. The molecule has 324 valence electrons. The van der Waals surface area contributed by atoms with Gasteiger partial charge in [-0.15, -0.1) is 0 Å². The number of para-hydroxylation sites is 8. The van der Waals surface area contributed by atoms with Crippen LogP contribution in [0.3, 0.4) is 0 Å². The first-order valence-electron chi connectivity index (χ1n) is 22.8. The molecule has 6 heteroatoms. The van der Waals surface area contributed by atoms with Crippen LogP contribution in [-0.4, -0.2) is 0 Å². The van der Waals surface area contributed by atoms with Crippen molar-refractivity contribution in [2.75, 3.05) is 9.80 Å². The summed E-state index contributed by atoms with van der Waals surface area (Å²) < 4.78 is 12.8. The number of nitrogens with zero attached hydrogens (tertiary/aromatic N) is 4. The topological polar surface area (TPSA) is 72.5 Å². The number of hydrogen-bond donors (Lipinski definition) is 0. The zero-order valence-electron chi connectivity index (χ0n) is 37.2. The molecule has 0 aromatic heterocycles. The van der Waals surface area contributed by atoms with Gasteiger partial charge >= 0.3 is 0 Å². The van der Waals surface area contributed by atoms with Crippen molar-refractivity contribution in [3.05, 3.63) is 276 Å². The molecule has 2 heterocycles. The Balaban J connectivity index is 1.07. The fourth-order valence-electron chi connectivity index (χ4n) is 10.0. The molecule has 0 aliphatic carbocycles. The number of nitriles is 2. The zero-order chi connectivity index (χ0) is 46.3. The molecule has 6 nitrogen and oxygen atoms in total. The Morgan fingerprint density at radius 1 is 0.304 bits per heavy atom. The van der Waals surface area contributed by atoms with Crippen molar-refractivity contribution < 1.29 is 9.47 Å². The molecular weight excluding hydrogens is 845 g/mol. The van der Waals surface area contributed by atoms with E-state index in [1.165, 1.54) is 0 Å². The van der Waals surface area contributed by atoms with Crippen molar-refractivity contribution in [3.63, 3.8) is 0 Å². The monoisotopic (exact) mass is 884 g/mol. The van der Waals surface area contributed by atoms with Crippen LogP contribution in [0.15, 0.2) is 243 Å². The van der Waals surface area contributed by atoms with Crippen molar-refractivity contribution in [1.82, 2.24) is 0 Å². The molecule has 69 heavy (non-hydrogen) atoms. The molecule has 0 N–H and O–H groups in total. The van der Waals surface area contributed by atoms with Crippen molar-refractivity contribution in [1.29, 1.82) is 10.5 Å². The minimum absolute atomic E-state index is 0.613. The zero-order valence-corrected chi connectivity index (χ0v) is 37.2. The van der Waals surface area contributed by atoms with Gasteiger partial charge in [-0.05, 0) is 142 Å². The Hall–Kier alpha value is -9.62. The van der Waals surface area contributed by atoms with Crippen LogP contribution in [0, 0.1) is 22.7 Å². The van der Waals surface area contributed by atoms with E-state index in [-0.39, 0.29) is 0 Å². The lowest BCUT2D eigenvalue weighted by molar-refractivity contribution is 0.477. The molecule has 0 spiro atoms. The second kappa shape index (κ2) is 17.0. The molecule has 2 aliphatic heterocycles. The molecular formula is C63H40N4O2. The van der Waals surface area contributed by atoms with Crippen molar-refractivity contribution in [2.45, 2.75) is 5.41 Å². The summed E-state index contributed by atoms with van der Waals surface area (Å²) in [4.78, 5) is 4.53. The summed E-state index contributed by atoms with van der Waals surface area (Å²) in [6.45, 7) is 0. The van der Waals surface area contributed by atoms with E-state index < -0.39 is 5.41 Å². The number of benzene rings is 10. The Morgan fingerprint density at radius 3 is 0.928 bits per heavy atom. The Kier molecular flexibility index (Phi) is 10.1. The smallest absolute Gasteiger partial charge is 0.151 e. The third kappa shape index (κ3) is 7.04. The quantitative estimate of drug-likeness (QED) is 0.142. The normalized spacial score (nSPS) is 12.2. The first kappa shape index (κ1) is 40.9. The predicted molar refractivity (Wildman–Crippen MR) is 275 cm³/mol. The molecule has 0 atom stereocenters. The fourth-order valence-corrected chi connectivity index (χ4v) is 10.0. The third-order valence-electron chi connectivity index (χ3n) is 13.3. The largest absolute Gasteiger partial charge is 0.453 e. The van der Waals surface area contributed by atoms with Gasteiger partial charge in [-0.25, -0.2) is 0 Å². The maximum absolute atomic E-state index is 9.77. The predicted octanol–water partition coefficient (Wildman–Crippen LogP) is 16.3. The van der Waals surface area contributed by atoms with E-state index in [4.69, 9.17) is 9.47 Å². The van der Waals surface area contributed by atoms with Gasteiger partial charge in [0.05, 0.1) is 51.4 Å². The number of anilines is 6. The second-order valence-electron chi connectivity index (χ2n) is 17.1. The molecule has 0 saturated carbocycles. The SMILES string of the molecule is N#Cc1cccc(-c2ccc(C(c3ccc(-c4cccc(C#N)c4)cc3)(c3ccc(N4c5ccccc5Oc5ccccc54)cc3)c3ccc(N4c5ccccc5Oc5ccccc54)cc3)cc2)c1. The van der Waals surface area contributed by atoms with Gasteiger partial charge in [-0.1, -0.05) is 146 Å². The number of fused-ring (bicyclic) bond motifs is 4. The van der Waals surface area contributed by atoms with Gasteiger partial charge in [0, 0.05) is 11.4 Å². The molecule has 0 saturated heterocycles. The van der Waals surface area contributed by atoms with Crippen LogP contribution in [-0.2, 0) is 5.41 Å². The summed E-state index contributed by atoms with van der Waals surface area (Å²) >= 11 is 0. The van der Waals surface area contributed by atoms with Crippen LogP contribution in [0.5, 0.6) is 23.0 Å². The van der Waals surface area contributed by atoms with Gasteiger partial charge in [0.1, 0.15) is 0 Å². The highest BCUT2D eigenvalue weighted by Gasteiger charge is 2.39. The average molecular weight is 885 g/mol. The standard InChI is InChI=1S/C63H40N4O2/c64-41-43-11-9-13-47(39-43)45-23-27-49(28-24-45)63(50-29-25-46(26-30-50)48-14-10-12-44(40-48)42-65,51-31-35-53(36-32-51)66-55-15-1-5-19-59(55)68-60-20-6-2-16-56(60)66)52-33-37-54(38-34-52)67-57-17-3-7-21-61(57)69-62-22-8-4-18-58(62)67/h1-40H. The summed E-state index contributed by atoms with van der Waals surface area (Å²) in [5, 5.41) is 19.5. The molecule has 2 aliphatic rings. The molecule has 12 rings (SSSR count). The second-order valence-corrected chi connectivity index (χ2v) is 17.1. The van der Waals surface area contributed by atoms with E-state index in [9.17, 15) is 10.5 Å². The van der Waals surface area contributed by atoms with E-state index in [1.807, 2.05) is 121 Å². The highest BCUT2D eigenvalue weighted by atomic mass is 16.5. The summed E-state index contributed by atoms with van der Waals surface area (Å²) in [7, 11) is 0. The van der Waals surface area contributed by atoms with Crippen LogP contribution in [0.1, 0.15) is 33.4 Å². The highest BCUT2D eigenvalue weighted by Crippen LogP contribution is 2.54. The maximum atomic E-state index is 9.77. The molecule has 0 bridgehead atoms. The van der Waals surface area contributed by atoms with Crippen LogP contribution in [0.4, 0.5) is 34.1 Å². The number of rotatable bonds is 8. The lowest BCUT2D eigenvalue weighted by Gasteiger charge is -2.38. The van der Waals surface area contributed by atoms with Crippen LogP contribution in [0.25, 0.3) is 22.3 Å². The number of ether oxygens (including phenoxy) is 2. The lowest BCUT2D eigenvalue weighted by Crippen LogP contribution is -2.31. The van der Waals surface area contributed by atoms with E-state index >= 15 is 0 Å². The minimum Gasteiger partial charge on any atom is -0.453 e. The van der Waals surface area contributed by atoms with Gasteiger partial charge in [0.15, 0.2) is 23.0 Å². The minimum atomic E-state index is -0.848. The molecule has 0 fully saturated rings. The van der Waals surface area contributed by atoms with Gasteiger partial charge in [0.2, 0.25) is 0 Å². The van der Waals surface area contributed by atoms with Crippen molar-refractivity contribution in [2.24, 2.45) is 0 Å². The molecule has 10 aromatic rings. The summed E-state index contributed by atoms with van der Waals surface area (Å²) in [5.74, 6) is 3.17. The van der Waals surface area contributed by atoms with Gasteiger partial charge < -0.3 is 19.3 Å². The van der Waals surface area contributed by atoms with Crippen LogP contribution >= 0.6 is 0 Å². The van der Waals surface area contributed by atoms with Gasteiger partial charge in [0.25, 0.3) is 0 Å². The summed E-state index contributed by atoms with van der Waals surface area (Å²) in [6.07, 6.45) is 0. The first-order chi connectivity index (χ1) is 34.1. The Morgan fingerprint density at radius 2 is 0.609 bits per heavy atom. The van der Waals surface area contributed by atoms with Gasteiger partial charge in [-0.3, -0.25) is 0 Å². The summed E-state index contributed by atoms with van der Waals surface area (Å²) in [5.41, 5.74) is 14.4. The summed E-state index contributed by atoms with van der Waals surface area (Å²) in [6, 6.07) is 88.1. The van der Waals surface area contributed by atoms with Crippen LogP contribution in [0.2, 0.25) is 0 Å². The molecule has 0 unspecified atom stereocenters. The molecule has 0 amide bonds. The van der Waals surface area contributed by atoms with E-state index in [1.54, 1.807) is 0 Å². The van der Waals surface area contributed by atoms with Crippen molar-refractivity contribution in [3.8, 4) is 57.4 Å². The van der Waals surface area contributed by atoms with Crippen molar-refractivity contribution >= 4 is 34.1 Å². The van der Waals surface area contributed by atoms with Gasteiger partial charge in [-0.2, -0.15) is 10.5 Å². The van der Waals surface area contributed by atoms with E-state index in [0.717, 1.165) is 102 Å². The molecule has 10 aromatic carbocycles. The third-order valence-corrected chi connectivity index (χ3v) is 13.3. The van der Waals surface area contributed by atoms with E-state index in [2.05, 4.69) is 143 Å². The Labute approximate surface area is 401 Å². The molecule has 0 radical (unpaired) electrons. The number of hydrogen-bond acceptors (Lipinski definition) is 6. The lowest BCUT2D eigenvalue weighted by atomic mass is 9.65. The highest BCUT2D eigenvalue weighted by molar-refractivity contribution is 5.88. The first-order valence-corrected chi connectivity index (χ1v) is 22.8. The average Bonchev–Trinajstić information content (AvgIpc) is 3.42. The van der Waals surface area contributed by atoms with Crippen LogP contribution < -0.4 is 19.3 Å². The van der Waals surface area contributed by atoms with E-state index in [0.29, 0.717) is 11.1 Å². The maximum Gasteiger partial charge on any atom is 0.151 e.